The molecule has 0 fully saturated rings. The Morgan fingerprint density at radius 1 is 1.32 bits per heavy atom. The van der Waals surface area contributed by atoms with Crippen LogP contribution in [-0.4, -0.2) is 20.3 Å². The maximum atomic E-state index is 12.4. The van der Waals surface area contributed by atoms with E-state index in [1.54, 1.807) is 6.07 Å². The Labute approximate surface area is 108 Å². The number of nitrogens with zero attached hydrogens (tertiary/aromatic N) is 3. The number of thiophene rings is 1. The first kappa shape index (κ1) is 11.9. The standard InChI is InChI=1S/C10H5F3N4OS/c11-10(12,13)7-4-5(15-16-7)9-14-8(17-18-9)6-2-1-3-19-6/h1-4H,(H,15,16). The van der Waals surface area contributed by atoms with Gasteiger partial charge in [0, 0.05) is 6.07 Å². The van der Waals surface area contributed by atoms with E-state index in [9.17, 15) is 13.2 Å². The van der Waals surface area contributed by atoms with E-state index in [-0.39, 0.29) is 11.6 Å². The van der Waals surface area contributed by atoms with Crippen molar-refractivity contribution in [1.29, 1.82) is 0 Å². The highest BCUT2D eigenvalue weighted by Crippen LogP contribution is 2.30. The Hall–Kier alpha value is -2.16. The molecule has 0 saturated heterocycles. The van der Waals surface area contributed by atoms with Crippen LogP contribution in [0.2, 0.25) is 0 Å². The Bertz CT molecular complexity index is 686. The highest BCUT2D eigenvalue weighted by atomic mass is 32.1. The van der Waals surface area contributed by atoms with Crippen LogP contribution in [0.4, 0.5) is 13.2 Å². The number of H-pyrrole nitrogens is 1. The van der Waals surface area contributed by atoms with Crippen LogP contribution in [0.1, 0.15) is 5.69 Å². The van der Waals surface area contributed by atoms with Crippen molar-refractivity contribution >= 4 is 11.3 Å². The number of nitrogens with one attached hydrogen (secondary N) is 1. The van der Waals surface area contributed by atoms with Gasteiger partial charge in [-0.2, -0.15) is 23.3 Å². The zero-order chi connectivity index (χ0) is 13.5. The van der Waals surface area contributed by atoms with Crippen LogP contribution in [0.15, 0.2) is 28.1 Å². The molecular weight excluding hydrogens is 281 g/mol. The van der Waals surface area contributed by atoms with E-state index >= 15 is 0 Å². The first-order valence-electron chi connectivity index (χ1n) is 5.04. The predicted octanol–water partition coefficient (Wildman–Crippen LogP) is 3.21. The number of aromatic amines is 1. The summed E-state index contributed by atoms with van der Waals surface area (Å²) < 4.78 is 42.1. The molecule has 1 N–H and O–H groups in total. The largest absolute Gasteiger partial charge is 0.432 e. The number of hydrogen-bond acceptors (Lipinski definition) is 5. The molecule has 0 aliphatic heterocycles. The third-order valence-corrected chi connectivity index (χ3v) is 3.14. The summed E-state index contributed by atoms with van der Waals surface area (Å²) in [6, 6.07) is 4.42. The first-order chi connectivity index (χ1) is 9.04. The van der Waals surface area contributed by atoms with E-state index in [4.69, 9.17) is 4.52 Å². The fourth-order valence-electron chi connectivity index (χ4n) is 1.41. The van der Waals surface area contributed by atoms with Gasteiger partial charge in [-0.25, -0.2) is 0 Å². The van der Waals surface area contributed by atoms with Crippen molar-refractivity contribution in [1.82, 2.24) is 20.3 Å². The van der Waals surface area contributed by atoms with Gasteiger partial charge in [-0.3, -0.25) is 5.10 Å². The average Bonchev–Trinajstić information content (AvgIpc) is 3.10. The van der Waals surface area contributed by atoms with Gasteiger partial charge in [-0.15, -0.1) is 11.3 Å². The Kier molecular flexibility index (Phi) is 2.63. The highest BCUT2D eigenvalue weighted by molar-refractivity contribution is 7.13. The van der Waals surface area contributed by atoms with Crippen LogP contribution in [0.5, 0.6) is 0 Å². The molecule has 0 amide bonds. The minimum Gasteiger partial charge on any atom is -0.332 e. The summed E-state index contributed by atoms with van der Waals surface area (Å²) in [5.41, 5.74) is -0.999. The monoisotopic (exact) mass is 286 g/mol. The average molecular weight is 286 g/mol. The molecule has 0 spiro atoms. The fraction of sp³-hybridized carbons (Fsp3) is 0.100. The molecule has 98 valence electrons. The number of alkyl halides is 3. The maximum Gasteiger partial charge on any atom is 0.432 e. The van der Waals surface area contributed by atoms with Crippen molar-refractivity contribution in [2.45, 2.75) is 6.18 Å². The molecule has 0 aromatic carbocycles. The van der Waals surface area contributed by atoms with Crippen molar-refractivity contribution in [2.24, 2.45) is 0 Å². The van der Waals surface area contributed by atoms with Gasteiger partial charge in [0.25, 0.3) is 5.89 Å². The molecule has 19 heavy (non-hydrogen) atoms. The maximum absolute atomic E-state index is 12.4. The fourth-order valence-corrected chi connectivity index (χ4v) is 2.06. The number of hydrogen-bond donors (Lipinski definition) is 1. The van der Waals surface area contributed by atoms with E-state index in [1.807, 2.05) is 16.5 Å². The lowest BCUT2D eigenvalue weighted by Crippen LogP contribution is -2.04. The zero-order valence-electron chi connectivity index (χ0n) is 9.10. The van der Waals surface area contributed by atoms with E-state index in [0.29, 0.717) is 5.82 Å². The second-order valence-electron chi connectivity index (χ2n) is 3.57. The molecule has 9 heteroatoms. The molecule has 5 nitrogen and oxygen atoms in total. The SMILES string of the molecule is FC(F)(F)c1cc(-c2nc(-c3cccs3)no2)n[nH]1. The summed E-state index contributed by atoms with van der Waals surface area (Å²) in [5, 5.41) is 10.9. The van der Waals surface area contributed by atoms with Gasteiger partial charge in [-0.05, 0) is 11.4 Å². The van der Waals surface area contributed by atoms with E-state index in [1.165, 1.54) is 11.3 Å². The lowest BCUT2D eigenvalue weighted by molar-refractivity contribution is -0.141. The van der Waals surface area contributed by atoms with Crippen LogP contribution < -0.4 is 0 Å². The second-order valence-corrected chi connectivity index (χ2v) is 4.51. The number of halogens is 3. The Morgan fingerprint density at radius 3 is 2.79 bits per heavy atom. The molecule has 3 rings (SSSR count). The summed E-state index contributed by atoms with van der Waals surface area (Å²) >= 11 is 1.40. The minimum absolute atomic E-state index is 0.0392. The number of aromatic nitrogens is 4. The van der Waals surface area contributed by atoms with E-state index in [0.717, 1.165) is 10.9 Å². The Morgan fingerprint density at radius 2 is 2.16 bits per heavy atom. The summed E-state index contributed by atoms with van der Waals surface area (Å²) in [6.45, 7) is 0. The lowest BCUT2D eigenvalue weighted by atomic mass is 10.3. The molecule has 0 saturated carbocycles. The van der Waals surface area contributed by atoms with Crippen molar-refractivity contribution in [3.8, 4) is 22.3 Å². The normalized spacial score (nSPS) is 11.9. The minimum atomic E-state index is -4.48. The molecule has 3 heterocycles. The molecule has 0 radical (unpaired) electrons. The first-order valence-corrected chi connectivity index (χ1v) is 5.92. The summed E-state index contributed by atoms with van der Waals surface area (Å²) in [5.74, 6) is 0.261. The van der Waals surface area contributed by atoms with Crippen LogP contribution >= 0.6 is 11.3 Å². The summed E-state index contributed by atoms with van der Waals surface area (Å²) in [7, 11) is 0. The van der Waals surface area contributed by atoms with Crippen molar-refractivity contribution in [3.63, 3.8) is 0 Å². The van der Waals surface area contributed by atoms with Gasteiger partial charge in [-0.1, -0.05) is 11.2 Å². The quantitative estimate of drug-likeness (QED) is 0.785. The molecule has 3 aromatic heterocycles. The smallest absolute Gasteiger partial charge is 0.332 e. The van der Waals surface area contributed by atoms with Crippen LogP contribution in [0.3, 0.4) is 0 Å². The molecular formula is C10H5F3N4OS. The molecule has 0 bridgehead atoms. The third kappa shape index (κ3) is 2.24. The summed E-state index contributed by atoms with van der Waals surface area (Å²) in [4.78, 5) is 4.77. The third-order valence-electron chi connectivity index (χ3n) is 2.27. The molecule has 3 aromatic rings. The van der Waals surface area contributed by atoms with Crippen LogP contribution in [-0.2, 0) is 6.18 Å². The molecule has 0 aliphatic carbocycles. The van der Waals surface area contributed by atoms with Crippen molar-refractivity contribution in [2.75, 3.05) is 0 Å². The van der Waals surface area contributed by atoms with Gasteiger partial charge in [0.15, 0.2) is 5.69 Å². The number of rotatable bonds is 2. The molecule has 0 unspecified atom stereocenters. The van der Waals surface area contributed by atoms with Crippen molar-refractivity contribution in [3.05, 3.63) is 29.3 Å². The van der Waals surface area contributed by atoms with Crippen LogP contribution in [0.25, 0.3) is 22.3 Å². The molecule has 0 aliphatic rings. The van der Waals surface area contributed by atoms with Gasteiger partial charge in [0.2, 0.25) is 5.82 Å². The van der Waals surface area contributed by atoms with Gasteiger partial charge in [0.1, 0.15) is 5.69 Å². The highest BCUT2D eigenvalue weighted by Gasteiger charge is 2.33. The van der Waals surface area contributed by atoms with Crippen molar-refractivity contribution < 1.29 is 17.7 Å². The topological polar surface area (TPSA) is 67.6 Å². The zero-order valence-corrected chi connectivity index (χ0v) is 9.92. The Balaban J connectivity index is 1.93. The van der Waals surface area contributed by atoms with Crippen LogP contribution in [0, 0.1) is 0 Å². The van der Waals surface area contributed by atoms with E-state index in [2.05, 4.69) is 15.2 Å². The van der Waals surface area contributed by atoms with E-state index < -0.39 is 11.9 Å². The summed E-state index contributed by atoms with van der Waals surface area (Å²) in [6.07, 6.45) is -4.48. The van der Waals surface area contributed by atoms with Gasteiger partial charge in [0.05, 0.1) is 4.88 Å². The lowest BCUT2D eigenvalue weighted by Gasteiger charge is -1.99. The van der Waals surface area contributed by atoms with Gasteiger partial charge < -0.3 is 4.52 Å². The molecule has 0 atom stereocenters. The predicted molar refractivity (Wildman–Crippen MR) is 60.2 cm³/mol. The van der Waals surface area contributed by atoms with Gasteiger partial charge >= 0.3 is 6.18 Å². The second kappa shape index (κ2) is 4.19.